The summed E-state index contributed by atoms with van der Waals surface area (Å²) in [7, 11) is 3.60. The Morgan fingerprint density at radius 2 is 2.04 bits per heavy atom. The molecule has 1 aliphatic heterocycles. The Morgan fingerprint density at radius 1 is 1.25 bits per heavy atom. The average molecular weight is 381 g/mol. The monoisotopic (exact) mass is 381 g/mol. The van der Waals surface area contributed by atoms with Gasteiger partial charge in [0.1, 0.15) is 17.1 Å². The van der Waals surface area contributed by atoms with Gasteiger partial charge in [-0.1, -0.05) is 6.07 Å². The standard InChI is InChI=1S/C20H23N5O3/c1-24-12-22-16-11-21-19(10-17(16)24)23-15-4-3-14(9-18(15)28-2)13-5-7-25(8-6-13)20(26)27/h3-4,9-13H,5-8H2,1-2H3,(H,21,23)(H,26,27). The number of hydrogen-bond donors (Lipinski definition) is 2. The number of nitrogens with one attached hydrogen (secondary N) is 1. The number of likely N-dealkylation sites (tertiary alicyclic amines) is 1. The second-order valence-corrected chi connectivity index (χ2v) is 7.04. The lowest BCUT2D eigenvalue weighted by Gasteiger charge is -2.30. The van der Waals surface area contributed by atoms with Gasteiger partial charge in [-0.15, -0.1) is 0 Å². The van der Waals surface area contributed by atoms with Crippen molar-refractivity contribution in [2.45, 2.75) is 18.8 Å². The molecule has 3 heterocycles. The Morgan fingerprint density at radius 3 is 2.75 bits per heavy atom. The quantitative estimate of drug-likeness (QED) is 0.718. The first-order valence-electron chi connectivity index (χ1n) is 9.25. The van der Waals surface area contributed by atoms with Gasteiger partial charge >= 0.3 is 6.09 Å². The third kappa shape index (κ3) is 3.45. The van der Waals surface area contributed by atoms with Crippen LogP contribution in [-0.2, 0) is 7.05 Å². The summed E-state index contributed by atoms with van der Waals surface area (Å²) < 4.78 is 7.54. The molecule has 1 amide bonds. The molecule has 1 aliphatic rings. The van der Waals surface area contributed by atoms with Crippen LogP contribution in [0.2, 0.25) is 0 Å². The Labute approximate surface area is 162 Å². The Kier molecular flexibility index (Phi) is 4.77. The largest absolute Gasteiger partial charge is 0.495 e. The van der Waals surface area contributed by atoms with E-state index in [-0.39, 0.29) is 0 Å². The molecule has 0 atom stereocenters. The number of nitrogens with zero attached hydrogens (tertiary/aromatic N) is 4. The van der Waals surface area contributed by atoms with Crippen molar-refractivity contribution in [3.63, 3.8) is 0 Å². The van der Waals surface area contributed by atoms with Gasteiger partial charge < -0.3 is 24.6 Å². The van der Waals surface area contributed by atoms with Crippen LogP contribution in [0.25, 0.3) is 11.0 Å². The van der Waals surface area contributed by atoms with Gasteiger partial charge in [-0.3, -0.25) is 0 Å². The Bertz CT molecular complexity index is 1010. The van der Waals surface area contributed by atoms with Crippen molar-refractivity contribution in [3.8, 4) is 5.75 Å². The number of carboxylic acid groups (broad SMARTS) is 1. The molecule has 2 N–H and O–H groups in total. The molecule has 1 saturated heterocycles. The number of imidazole rings is 1. The maximum Gasteiger partial charge on any atom is 0.407 e. The van der Waals surface area contributed by atoms with Gasteiger partial charge in [-0.05, 0) is 36.5 Å². The van der Waals surface area contributed by atoms with E-state index in [2.05, 4.69) is 21.4 Å². The van der Waals surface area contributed by atoms with E-state index in [4.69, 9.17) is 9.84 Å². The minimum atomic E-state index is -0.839. The number of anilines is 2. The topological polar surface area (TPSA) is 92.5 Å². The second-order valence-electron chi connectivity index (χ2n) is 7.04. The van der Waals surface area contributed by atoms with Crippen LogP contribution in [0.1, 0.15) is 24.3 Å². The number of piperidine rings is 1. The summed E-state index contributed by atoms with van der Waals surface area (Å²) in [6.07, 6.45) is 4.31. The Balaban J connectivity index is 1.53. The molecule has 1 fully saturated rings. The number of rotatable bonds is 4. The number of carbonyl (C=O) groups is 1. The maximum absolute atomic E-state index is 11.1. The van der Waals surface area contributed by atoms with E-state index in [1.54, 1.807) is 19.6 Å². The van der Waals surface area contributed by atoms with Crippen molar-refractivity contribution in [1.29, 1.82) is 0 Å². The minimum absolute atomic E-state index is 0.336. The molecule has 2 aromatic heterocycles. The Hall–Kier alpha value is -3.29. The second kappa shape index (κ2) is 7.38. The predicted molar refractivity (Wildman–Crippen MR) is 106 cm³/mol. The number of hydrogen-bond acceptors (Lipinski definition) is 5. The van der Waals surface area contributed by atoms with E-state index in [1.165, 1.54) is 10.5 Å². The molecule has 0 spiro atoms. The molecule has 0 radical (unpaired) electrons. The fourth-order valence-electron chi connectivity index (χ4n) is 3.71. The van der Waals surface area contributed by atoms with E-state index in [1.807, 2.05) is 29.8 Å². The van der Waals surface area contributed by atoms with Crippen molar-refractivity contribution in [2.24, 2.45) is 7.05 Å². The van der Waals surface area contributed by atoms with Crippen molar-refractivity contribution < 1.29 is 14.6 Å². The SMILES string of the molecule is COc1cc(C2CCN(C(=O)O)CC2)ccc1Nc1cc2c(cn1)ncn2C. The molecule has 4 rings (SSSR count). The molecule has 8 nitrogen and oxygen atoms in total. The number of ether oxygens (including phenoxy) is 1. The first kappa shape index (κ1) is 18.1. The van der Waals surface area contributed by atoms with Gasteiger partial charge in [0.05, 0.1) is 30.8 Å². The summed E-state index contributed by atoms with van der Waals surface area (Å²) in [5.74, 6) is 1.80. The van der Waals surface area contributed by atoms with Crippen molar-refractivity contribution in [1.82, 2.24) is 19.4 Å². The minimum Gasteiger partial charge on any atom is -0.495 e. The smallest absolute Gasteiger partial charge is 0.407 e. The summed E-state index contributed by atoms with van der Waals surface area (Å²) in [5, 5.41) is 12.4. The van der Waals surface area contributed by atoms with Gasteiger partial charge in [-0.2, -0.15) is 0 Å². The van der Waals surface area contributed by atoms with Gasteiger partial charge in [0.25, 0.3) is 0 Å². The fraction of sp³-hybridized carbons (Fsp3) is 0.350. The van der Waals surface area contributed by atoms with Crippen LogP contribution < -0.4 is 10.1 Å². The van der Waals surface area contributed by atoms with Crippen LogP contribution in [0.15, 0.2) is 36.8 Å². The zero-order valence-corrected chi connectivity index (χ0v) is 15.9. The van der Waals surface area contributed by atoms with Gasteiger partial charge in [-0.25, -0.2) is 14.8 Å². The summed E-state index contributed by atoms with van der Waals surface area (Å²) in [4.78, 5) is 21.3. The lowest BCUT2D eigenvalue weighted by Crippen LogP contribution is -2.36. The van der Waals surface area contributed by atoms with Crippen LogP contribution in [0, 0.1) is 0 Å². The van der Waals surface area contributed by atoms with Crippen LogP contribution >= 0.6 is 0 Å². The lowest BCUT2D eigenvalue weighted by atomic mass is 9.89. The van der Waals surface area contributed by atoms with E-state index < -0.39 is 6.09 Å². The predicted octanol–water partition coefficient (Wildman–Crippen LogP) is 3.58. The summed E-state index contributed by atoms with van der Waals surface area (Å²) >= 11 is 0. The van der Waals surface area contributed by atoms with Crippen LogP contribution in [0.5, 0.6) is 5.75 Å². The highest BCUT2D eigenvalue weighted by molar-refractivity contribution is 5.79. The van der Waals surface area contributed by atoms with Crippen molar-refractivity contribution in [3.05, 3.63) is 42.4 Å². The molecule has 0 unspecified atom stereocenters. The normalized spacial score (nSPS) is 15.0. The first-order chi connectivity index (χ1) is 13.5. The first-order valence-corrected chi connectivity index (χ1v) is 9.25. The summed E-state index contributed by atoms with van der Waals surface area (Å²) in [6, 6.07) is 8.06. The lowest BCUT2D eigenvalue weighted by molar-refractivity contribution is 0.132. The third-order valence-electron chi connectivity index (χ3n) is 5.34. The molecule has 146 valence electrons. The van der Waals surface area contributed by atoms with Crippen LogP contribution in [0.3, 0.4) is 0 Å². The zero-order valence-electron chi connectivity index (χ0n) is 15.9. The summed E-state index contributed by atoms with van der Waals surface area (Å²) in [5.41, 5.74) is 3.85. The molecule has 0 aliphatic carbocycles. The van der Waals surface area contributed by atoms with E-state index in [0.717, 1.165) is 41.1 Å². The molecule has 0 saturated carbocycles. The van der Waals surface area contributed by atoms with Gasteiger partial charge in [0, 0.05) is 26.2 Å². The van der Waals surface area contributed by atoms with Crippen LogP contribution in [0.4, 0.5) is 16.3 Å². The molecule has 1 aromatic carbocycles. The van der Waals surface area contributed by atoms with Crippen molar-refractivity contribution >= 4 is 28.6 Å². The number of methoxy groups -OCH3 is 1. The number of aryl methyl sites for hydroxylation is 1. The molecular formula is C20H23N5O3. The van der Waals surface area contributed by atoms with E-state index >= 15 is 0 Å². The van der Waals surface area contributed by atoms with Crippen LogP contribution in [-0.4, -0.2) is 50.8 Å². The molecule has 0 bridgehead atoms. The molecule has 28 heavy (non-hydrogen) atoms. The molecule has 3 aromatic rings. The number of benzene rings is 1. The van der Waals surface area contributed by atoms with Gasteiger partial charge in [0.15, 0.2) is 0 Å². The number of amides is 1. The number of aromatic nitrogens is 3. The fourth-order valence-corrected chi connectivity index (χ4v) is 3.71. The van der Waals surface area contributed by atoms with Crippen molar-refractivity contribution in [2.75, 3.05) is 25.5 Å². The number of pyridine rings is 1. The zero-order chi connectivity index (χ0) is 19.7. The molecule has 8 heteroatoms. The highest BCUT2D eigenvalue weighted by atomic mass is 16.5. The number of fused-ring (bicyclic) bond motifs is 1. The third-order valence-corrected chi connectivity index (χ3v) is 5.34. The maximum atomic E-state index is 11.1. The van der Waals surface area contributed by atoms with E-state index in [0.29, 0.717) is 19.0 Å². The van der Waals surface area contributed by atoms with E-state index in [9.17, 15) is 4.79 Å². The van der Waals surface area contributed by atoms with Gasteiger partial charge in [0.2, 0.25) is 0 Å². The highest BCUT2D eigenvalue weighted by Crippen LogP contribution is 2.35. The average Bonchev–Trinajstić information content (AvgIpc) is 3.09. The molecular weight excluding hydrogens is 358 g/mol. The highest BCUT2D eigenvalue weighted by Gasteiger charge is 2.24. The summed E-state index contributed by atoms with van der Waals surface area (Å²) in [6.45, 7) is 1.13.